The second-order valence-corrected chi connectivity index (χ2v) is 11.2. The van der Waals surface area contributed by atoms with Crippen LogP contribution in [-0.4, -0.2) is 92.0 Å². The summed E-state index contributed by atoms with van der Waals surface area (Å²) in [6.45, 7) is 11.3. The predicted molar refractivity (Wildman–Crippen MR) is 112 cm³/mol. The van der Waals surface area contributed by atoms with Gasteiger partial charge in [0.15, 0.2) is 0 Å². The van der Waals surface area contributed by atoms with Crippen LogP contribution in [0.4, 0.5) is 0 Å². The lowest BCUT2D eigenvalue weighted by atomic mass is 9.71. The zero-order valence-corrected chi connectivity index (χ0v) is 17.6. The summed E-state index contributed by atoms with van der Waals surface area (Å²) in [7, 11) is 0. The summed E-state index contributed by atoms with van der Waals surface area (Å²) in [6, 6.07) is 0.785. The molecule has 28 heavy (non-hydrogen) atoms. The first kappa shape index (κ1) is 18.5. The lowest BCUT2D eigenvalue weighted by Gasteiger charge is -2.60. The molecule has 4 N–H and O–H groups in total. The van der Waals surface area contributed by atoms with Gasteiger partial charge in [0, 0.05) is 61.8 Å². The van der Waals surface area contributed by atoms with Crippen LogP contribution in [-0.2, 0) is 0 Å². The van der Waals surface area contributed by atoms with Gasteiger partial charge in [0.25, 0.3) is 0 Å². The number of piperidine rings is 3. The van der Waals surface area contributed by atoms with Gasteiger partial charge in [-0.1, -0.05) is 0 Å². The van der Waals surface area contributed by atoms with Crippen LogP contribution in [0.5, 0.6) is 0 Å². The lowest BCUT2D eigenvalue weighted by Crippen LogP contribution is -2.74. The van der Waals surface area contributed by atoms with Crippen LogP contribution in [0.15, 0.2) is 0 Å². The highest BCUT2D eigenvalue weighted by Gasteiger charge is 2.52. The summed E-state index contributed by atoms with van der Waals surface area (Å²) in [5, 5.41) is 15.2. The van der Waals surface area contributed by atoms with E-state index < -0.39 is 0 Å². The van der Waals surface area contributed by atoms with Crippen molar-refractivity contribution in [3.05, 3.63) is 0 Å². The van der Waals surface area contributed by atoms with Gasteiger partial charge in [-0.3, -0.25) is 9.80 Å². The summed E-state index contributed by atoms with van der Waals surface area (Å²) in [4.78, 5) is 5.50. The van der Waals surface area contributed by atoms with Crippen molar-refractivity contribution >= 4 is 0 Å². The van der Waals surface area contributed by atoms with Crippen molar-refractivity contribution in [1.29, 1.82) is 0 Å². The minimum absolute atomic E-state index is 0.465. The quantitative estimate of drug-likeness (QED) is 0.546. The van der Waals surface area contributed by atoms with Crippen molar-refractivity contribution in [3.63, 3.8) is 0 Å². The van der Waals surface area contributed by atoms with E-state index >= 15 is 0 Å². The monoisotopic (exact) mass is 388 g/mol. The van der Waals surface area contributed by atoms with Crippen molar-refractivity contribution in [2.75, 3.05) is 58.9 Å². The zero-order valence-electron chi connectivity index (χ0n) is 17.6. The second kappa shape index (κ2) is 6.89. The van der Waals surface area contributed by atoms with Crippen LogP contribution in [0.25, 0.3) is 0 Å². The molecule has 6 aliphatic heterocycles. The maximum absolute atomic E-state index is 3.98. The summed E-state index contributed by atoms with van der Waals surface area (Å²) < 4.78 is 0. The molecule has 6 rings (SSSR count). The first-order valence-electron chi connectivity index (χ1n) is 12.1. The minimum Gasteiger partial charge on any atom is -0.317 e. The van der Waals surface area contributed by atoms with Gasteiger partial charge in [0.05, 0.1) is 6.17 Å². The lowest BCUT2D eigenvalue weighted by molar-refractivity contribution is -0.0882. The Bertz CT molecular complexity index is 548. The zero-order chi connectivity index (χ0) is 18.7. The van der Waals surface area contributed by atoms with E-state index in [9.17, 15) is 0 Å². The maximum atomic E-state index is 3.98. The van der Waals surface area contributed by atoms with Crippen LogP contribution in [0.2, 0.25) is 0 Å². The number of nitrogens with one attached hydrogen (secondary N) is 4. The molecule has 2 unspecified atom stereocenters. The highest BCUT2D eigenvalue weighted by Crippen LogP contribution is 2.42. The Kier molecular flexibility index (Phi) is 4.56. The Morgan fingerprint density at radius 1 is 0.714 bits per heavy atom. The molecule has 6 nitrogen and oxygen atoms in total. The van der Waals surface area contributed by atoms with E-state index in [0.29, 0.717) is 22.7 Å². The molecule has 0 aromatic rings. The summed E-state index contributed by atoms with van der Waals surface area (Å²) >= 11 is 0. The van der Waals surface area contributed by atoms with Crippen LogP contribution in [0.3, 0.4) is 0 Å². The van der Waals surface area contributed by atoms with Crippen molar-refractivity contribution in [1.82, 2.24) is 31.1 Å². The first-order valence-corrected chi connectivity index (χ1v) is 12.1. The maximum Gasteiger partial charge on any atom is 0.0598 e. The van der Waals surface area contributed by atoms with E-state index in [1.165, 1.54) is 110 Å². The van der Waals surface area contributed by atoms with E-state index in [4.69, 9.17) is 0 Å². The summed E-state index contributed by atoms with van der Waals surface area (Å²) in [5.74, 6) is 0. The Labute approximate surface area is 170 Å². The Hall–Kier alpha value is -0.240. The molecule has 3 spiro atoms. The third-order valence-corrected chi connectivity index (χ3v) is 9.27. The molecule has 0 bridgehead atoms. The Morgan fingerprint density at radius 2 is 1.57 bits per heavy atom. The largest absolute Gasteiger partial charge is 0.317 e. The van der Waals surface area contributed by atoms with Gasteiger partial charge in [-0.05, 0) is 71.0 Å². The molecular weight excluding hydrogens is 348 g/mol. The SMILES string of the molecule is C1CNC2(C1)CN(C1CCC3(CN1)CN(C1CCC4(CCNCC4)NC1)C3)C2. The second-order valence-electron chi connectivity index (χ2n) is 11.2. The molecule has 0 aliphatic carbocycles. The van der Waals surface area contributed by atoms with Crippen molar-refractivity contribution in [2.24, 2.45) is 5.41 Å². The van der Waals surface area contributed by atoms with Crippen molar-refractivity contribution in [2.45, 2.75) is 74.7 Å². The van der Waals surface area contributed by atoms with E-state index in [2.05, 4.69) is 31.1 Å². The summed E-state index contributed by atoms with van der Waals surface area (Å²) in [6.07, 6.45) is 11.6. The third-order valence-electron chi connectivity index (χ3n) is 9.27. The predicted octanol–water partition coefficient (Wildman–Crippen LogP) is 0.310. The number of likely N-dealkylation sites (tertiary alicyclic amines) is 2. The highest BCUT2D eigenvalue weighted by molar-refractivity contribution is 5.09. The molecule has 0 aromatic heterocycles. The number of hydrogen-bond acceptors (Lipinski definition) is 6. The van der Waals surface area contributed by atoms with E-state index in [-0.39, 0.29) is 0 Å². The fourth-order valence-corrected chi connectivity index (χ4v) is 7.32. The van der Waals surface area contributed by atoms with Crippen molar-refractivity contribution in [3.8, 4) is 0 Å². The number of nitrogens with zero attached hydrogens (tertiary/aromatic N) is 2. The fraction of sp³-hybridized carbons (Fsp3) is 1.00. The Morgan fingerprint density at radius 3 is 2.21 bits per heavy atom. The Balaban J connectivity index is 0.949. The highest BCUT2D eigenvalue weighted by atomic mass is 15.4. The standard InChI is InChI=1S/C22H40N6/c1-4-22(25-9-1)16-28(17-22)19-3-5-20(13-24-19)14-27(15-20)18-2-6-21(26-12-18)7-10-23-11-8-21/h18-19,23-26H,1-17H2. The molecular formula is C22H40N6. The van der Waals surface area contributed by atoms with Gasteiger partial charge in [-0.15, -0.1) is 0 Å². The smallest absolute Gasteiger partial charge is 0.0598 e. The molecule has 0 aromatic carbocycles. The van der Waals surface area contributed by atoms with Crippen LogP contribution in [0.1, 0.15) is 51.4 Å². The average molecular weight is 389 g/mol. The van der Waals surface area contributed by atoms with Crippen LogP contribution in [0, 0.1) is 5.41 Å². The van der Waals surface area contributed by atoms with Crippen molar-refractivity contribution < 1.29 is 0 Å². The molecule has 6 fully saturated rings. The van der Waals surface area contributed by atoms with Gasteiger partial charge >= 0.3 is 0 Å². The minimum atomic E-state index is 0.465. The third kappa shape index (κ3) is 3.15. The van der Waals surface area contributed by atoms with Gasteiger partial charge in [-0.2, -0.15) is 0 Å². The molecule has 6 heterocycles. The first-order chi connectivity index (χ1) is 13.7. The van der Waals surface area contributed by atoms with Gasteiger partial charge in [0.2, 0.25) is 0 Å². The normalized spacial score (nSPS) is 39.9. The molecule has 6 aliphatic rings. The average Bonchev–Trinajstić information content (AvgIpc) is 3.17. The molecule has 0 amide bonds. The van der Waals surface area contributed by atoms with Crippen LogP contribution < -0.4 is 21.3 Å². The van der Waals surface area contributed by atoms with E-state index in [0.717, 1.165) is 6.04 Å². The molecule has 0 radical (unpaired) electrons. The fourth-order valence-electron chi connectivity index (χ4n) is 7.32. The molecule has 158 valence electrons. The van der Waals surface area contributed by atoms with E-state index in [1.54, 1.807) is 0 Å². The van der Waals surface area contributed by atoms with Gasteiger partial charge in [-0.25, -0.2) is 0 Å². The van der Waals surface area contributed by atoms with E-state index in [1.807, 2.05) is 0 Å². The van der Waals surface area contributed by atoms with Crippen LogP contribution >= 0.6 is 0 Å². The number of hydrogen-bond donors (Lipinski definition) is 4. The molecule has 6 saturated heterocycles. The topological polar surface area (TPSA) is 54.6 Å². The molecule has 2 atom stereocenters. The van der Waals surface area contributed by atoms with Gasteiger partial charge in [0.1, 0.15) is 0 Å². The molecule has 0 saturated carbocycles. The molecule has 6 heteroatoms. The van der Waals surface area contributed by atoms with Gasteiger partial charge < -0.3 is 21.3 Å². The summed E-state index contributed by atoms with van der Waals surface area (Å²) in [5.41, 5.74) is 1.53. The number of rotatable bonds is 2.